The Balaban J connectivity index is 1.62. The molecule has 6 heteroatoms. The number of thiazole rings is 1. The Hall–Kier alpha value is -2.80. The standard InChI is InChI=1S/C22H21NO4S/c24-22(25)12-11-21-23-19(15-26-13-17-7-3-1-4-8-17)20(28-21)16-27-14-18-9-5-2-6-10-18/h1-12H,13-16H2,(H,24,25). The molecule has 0 amide bonds. The van der Waals surface area contributed by atoms with Crippen LogP contribution in [0.3, 0.4) is 0 Å². The van der Waals surface area contributed by atoms with Gasteiger partial charge in [-0.1, -0.05) is 60.7 Å². The number of carboxylic acid groups (broad SMARTS) is 1. The van der Waals surface area contributed by atoms with Gasteiger partial charge in [-0.25, -0.2) is 9.78 Å². The first-order chi connectivity index (χ1) is 13.7. The van der Waals surface area contributed by atoms with Gasteiger partial charge in [0.2, 0.25) is 0 Å². The zero-order valence-electron chi connectivity index (χ0n) is 15.3. The molecular weight excluding hydrogens is 374 g/mol. The van der Waals surface area contributed by atoms with Crippen LogP contribution in [0.4, 0.5) is 0 Å². The van der Waals surface area contributed by atoms with Crippen LogP contribution in [0.2, 0.25) is 0 Å². The highest BCUT2D eigenvalue weighted by Gasteiger charge is 2.11. The van der Waals surface area contributed by atoms with Crippen LogP contribution >= 0.6 is 11.3 Å². The summed E-state index contributed by atoms with van der Waals surface area (Å²) in [5, 5.41) is 9.45. The molecule has 0 aliphatic rings. The number of aliphatic carboxylic acids is 1. The molecule has 1 N–H and O–H groups in total. The molecule has 3 aromatic rings. The molecule has 0 aliphatic heterocycles. The van der Waals surface area contributed by atoms with E-state index in [2.05, 4.69) is 4.98 Å². The average Bonchev–Trinajstić information content (AvgIpc) is 3.10. The minimum absolute atomic E-state index is 0.344. The molecule has 0 aliphatic carbocycles. The smallest absolute Gasteiger partial charge is 0.328 e. The SMILES string of the molecule is O=C(O)C=Cc1nc(COCc2ccccc2)c(COCc2ccccc2)s1. The van der Waals surface area contributed by atoms with E-state index in [-0.39, 0.29) is 0 Å². The molecule has 2 aromatic carbocycles. The maximum Gasteiger partial charge on any atom is 0.328 e. The van der Waals surface area contributed by atoms with Crippen LogP contribution in [-0.2, 0) is 40.7 Å². The molecule has 144 valence electrons. The normalized spacial score (nSPS) is 11.1. The Bertz CT molecular complexity index is 844. The fraction of sp³-hybridized carbons (Fsp3) is 0.182. The number of nitrogens with zero attached hydrogens (tertiary/aromatic N) is 1. The van der Waals surface area contributed by atoms with Gasteiger partial charge in [0, 0.05) is 6.08 Å². The number of carbonyl (C=O) groups is 1. The van der Waals surface area contributed by atoms with Crippen molar-refractivity contribution in [2.75, 3.05) is 0 Å². The molecule has 1 aromatic heterocycles. The lowest BCUT2D eigenvalue weighted by molar-refractivity contribution is -0.131. The molecule has 0 unspecified atom stereocenters. The molecule has 0 saturated heterocycles. The highest BCUT2D eigenvalue weighted by Crippen LogP contribution is 2.23. The van der Waals surface area contributed by atoms with Gasteiger partial charge >= 0.3 is 5.97 Å². The lowest BCUT2D eigenvalue weighted by Crippen LogP contribution is -1.99. The average molecular weight is 395 g/mol. The second kappa shape index (κ2) is 10.5. The van der Waals surface area contributed by atoms with Crippen LogP contribution in [0.1, 0.15) is 26.7 Å². The van der Waals surface area contributed by atoms with Crippen molar-refractivity contribution in [3.8, 4) is 0 Å². The van der Waals surface area contributed by atoms with Crippen LogP contribution in [0, 0.1) is 0 Å². The second-order valence-electron chi connectivity index (χ2n) is 6.05. The van der Waals surface area contributed by atoms with Crippen LogP contribution in [-0.4, -0.2) is 16.1 Å². The molecule has 0 fully saturated rings. The van der Waals surface area contributed by atoms with E-state index in [1.165, 1.54) is 17.4 Å². The fourth-order valence-corrected chi connectivity index (χ4v) is 3.43. The number of hydrogen-bond acceptors (Lipinski definition) is 5. The van der Waals surface area contributed by atoms with E-state index < -0.39 is 5.97 Å². The van der Waals surface area contributed by atoms with Gasteiger partial charge in [0.1, 0.15) is 5.01 Å². The Morgan fingerprint density at radius 1 is 0.893 bits per heavy atom. The predicted molar refractivity (Wildman–Crippen MR) is 109 cm³/mol. The van der Waals surface area contributed by atoms with Crippen LogP contribution in [0.15, 0.2) is 66.7 Å². The van der Waals surface area contributed by atoms with E-state index in [0.29, 0.717) is 31.4 Å². The van der Waals surface area contributed by atoms with Crippen molar-refractivity contribution in [1.82, 2.24) is 4.98 Å². The van der Waals surface area contributed by atoms with Gasteiger partial charge in [0.25, 0.3) is 0 Å². The largest absolute Gasteiger partial charge is 0.478 e. The van der Waals surface area contributed by atoms with Crippen molar-refractivity contribution in [1.29, 1.82) is 0 Å². The molecule has 3 rings (SSSR count). The third-order valence-electron chi connectivity index (χ3n) is 3.86. The molecule has 0 bridgehead atoms. The third-order valence-corrected chi connectivity index (χ3v) is 4.89. The lowest BCUT2D eigenvalue weighted by Gasteiger charge is -2.06. The maximum absolute atomic E-state index is 10.8. The molecule has 0 spiro atoms. The molecule has 0 radical (unpaired) electrons. The van der Waals surface area contributed by atoms with Crippen molar-refractivity contribution < 1.29 is 19.4 Å². The third kappa shape index (κ3) is 6.42. The quantitative estimate of drug-likeness (QED) is 0.505. The predicted octanol–water partition coefficient (Wildman–Crippen LogP) is 4.67. The zero-order chi connectivity index (χ0) is 19.6. The van der Waals surface area contributed by atoms with E-state index in [1.807, 2.05) is 60.7 Å². The summed E-state index contributed by atoms with van der Waals surface area (Å²) in [7, 11) is 0. The van der Waals surface area contributed by atoms with Crippen molar-refractivity contribution in [2.24, 2.45) is 0 Å². The van der Waals surface area contributed by atoms with Crippen molar-refractivity contribution in [3.63, 3.8) is 0 Å². The van der Waals surface area contributed by atoms with Crippen molar-refractivity contribution >= 4 is 23.4 Å². The topological polar surface area (TPSA) is 68.7 Å². The highest BCUT2D eigenvalue weighted by atomic mass is 32.1. The Morgan fingerprint density at radius 2 is 1.46 bits per heavy atom. The van der Waals surface area contributed by atoms with E-state index in [0.717, 1.165) is 27.8 Å². The molecule has 5 nitrogen and oxygen atoms in total. The van der Waals surface area contributed by atoms with E-state index >= 15 is 0 Å². The first-order valence-corrected chi connectivity index (χ1v) is 9.65. The van der Waals surface area contributed by atoms with Gasteiger partial charge in [0.15, 0.2) is 0 Å². The highest BCUT2D eigenvalue weighted by molar-refractivity contribution is 7.12. The lowest BCUT2D eigenvalue weighted by atomic mass is 10.2. The summed E-state index contributed by atoms with van der Waals surface area (Å²) in [4.78, 5) is 16.2. The van der Waals surface area contributed by atoms with Crippen molar-refractivity contribution in [3.05, 3.63) is 93.4 Å². The first kappa shape index (κ1) is 19.9. The summed E-state index contributed by atoms with van der Waals surface area (Å²) >= 11 is 1.42. The summed E-state index contributed by atoms with van der Waals surface area (Å²) in [6.45, 7) is 1.74. The number of rotatable bonds is 10. The summed E-state index contributed by atoms with van der Waals surface area (Å²) in [6, 6.07) is 19.9. The van der Waals surface area contributed by atoms with Crippen LogP contribution in [0.5, 0.6) is 0 Å². The fourth-order valence-electron chi connectivity index (χ4n) is 2.52. The van der Waals surface area contributed by atoms with E-state index in [4.69, 9.17) is 14.6 Å². The molecular formula is C22H21NO4S. The van der Waals surface area contributed by atoms with Gasteiger partial charge < -0.3 is 14.6 Å². The van der Waals surface area contributed by atoms with Gasteiger partial charge in [-0.05, 0) is 17.2 Å². The summed E-state index contributed by atoms with van der Waals surface area (Å²) in [6.07, 6.45) is 2.58. The molecule has 1 heterocycles. The Kier molecular flexibility index (Phi) is 7.49. The first-order valence-electron chi connectivity index (χ1n) is 8.83. The van der Waals surface area contributed by atoms with Gasteiger partial charge in [-0.2, -0.15) is 0 Å². The Labute approximate surface area is 167 Å². The number of ether oxygens (including phenoxy) is 2. The monoisotopic (exact) mass is 395 g/mol. The minimum Gasteiger partial charge on any atom is -0.478 e. The van der Waals surface area contributed by atoms with E-state index in [9.17, 15) is 4.79 Å². The van der Waals surface area contributed by atoms with Gasteiger partial charge in [-0.15, -0.1) is 11.3 Å². The van der Waals surface area contributed by atoms with Crippen LogP contribution in [0.25, 0.3) is 6.08 Å². The summed E-state index contributed by atoms with van der Waals surface area (Å²) < 4.78 is 11.6. The van der Waals surface area contributed by atoms with Gasteiger partial charge in [-0.3, -0.25) is 0 Å². The molecule has 0 atom stereocenters. The van der Waals surface area contributed by atoms with Crippen molar-refractivity contribution in [2.45, 2.75) is 26.4 Å². The van der Waals surface area contributed by atoms with Crippen LogP contribution < -0.4 is 0 Å². The van der Waals surface area contributed by atoms with Gasteiger partial charge in [0.05, 0.1) is 37.0 Å². The number of hydrogen-bond donors (Lipinski definition) is 1. The Morgan fingerprint density at radius 3 is 2.04 bits per heavy atom. The maximum atomic E-state index is 10.8. The minimum atomic E-state index is -1.00. The number of carboxylic acids is 1. The molecule has 0 saturated carbocycles. The molecule has 28 heavy (non-hydrogen) atoms. The summed E-state index contributed by atoms with van der Waals surface area (Å²) in [5.74, 6) is -1.00. The number of aromatic nitrogens is 1. The zero-order valence-corrected chi connectivity index (χ0v) is 16.1. The number of benzene rings is 2. The second-order valence-corrected chi connectivity index (χ2v) is 7.17. The van der Waals surface area contributed by atoms with E-state index in [1.54, 1.807) is 0 Å². The summed E-state index contributed by atoms with van der Waals surface area (Å²) in [5.41, 5.74) is 2.96.